The predicted octanol–water partition coefficient (Wildman–Crippen LogP) is 0.804. The monoisotopic (exact) mass is 112 g/mol. The van der Waals surface area contributed by atoms with Gasteiger partial charge in [0.1, 0.15) is 0 Å². The van der Waals surface area contributed by atoms with E-state index in [-0.39, 0.29) is 19.8 Å². The molecule has 1 nitrogen and oxygen atoms in total. The van der Waals surface area contributed by atoms with Gasteiger partial charge in [0.05, 0.1) is 6.26 Å². The maximum absolute atomic E-state index is 7.33. The van der Waals surface area contributed by atoms with Gasteiger partial charge in [0.15, 0.2) is 0 Å². The quantitative estimate of drug-likeness (QED) is 0.363. The Hall–Kier alpha value is 0.400. The average Bonchev–Trinajstić information content (AvgIpc) is 0.918. The van der Waals surface area contributed by atoms with Gasteiger partial charge in [0, 0.05) is 0 Å². The van der Waals surface area contributed by atoms with Crippen LogP contribution in [0, 0.1) is 0 Å². The third-order valence-corrected chi connectivity index (χ3v) is 0. The topological polar surface area (TPSA) is 20.2 Å². The molecule has 0 spiro atoms. The van der Waals surface area contributed by atoms with E-state index in [1.807, 2.05) is 0 Å². The maximum atomic E-state index is 7.33. The molecule has 0 aromatic heterocycles. The van der Waals surface area contributed by atoms with Gasteiger partial charge in [0.25, 0.3) is 0 Å². The standard InChI is InChI=1S/C2H4O.2H3P/c1-2-3;;/h2-3H,1H2;2*1H3. The molecule has 0 amide bonds. The van der Waals surface area contributed by atoms with E-state index < -0.39 is 0 Å². The van der Waals surface area contributed by atoms with Crippen molar-refractivity contribution in [2.45, 2.75) is 0 Å². The number of aliphatic hydroxyl groups excluding tert-OH is 1. The molecule has 3 heteroatoms. The molecule has 0 saturated heterocycles. The highest BCUT2D eigenvalue weighted by atomic mass is 31.0. The molecule has 2 atom stereocenters. The Morgan fingerprint density at radius 2 is 1.40 bits per heavy atom. The zero-order chi connectivity index (χ0) is 2.71. The van der Waals surface area contributed by atoms with Gasteiger partial charge in [-0.25, -0.2) is 0 Å². The van der Waals surface area contributed by atoms with Crippen LogP contribution in [0.5, 0.6) is 0 Å². The van der Waals surface area contributed by atoms with Crippen LogP contribution >= 0.6 is 19.8 Å². The molecule has 0 saturated carbocycles. The minimum absolute atomic E-state index is 0. The molecule has 0 heterocycles. The fourth-order valence-electron chi connectivity index (χ4n) is 0. The fourth-order valence-corrected chi connectivity index (χ4v) is 0. The summed E-state index contributed by atoms with van der Waals surface area (Å²) in [5.74, 6) is 0. The van der Waals surface area contributed by atoms with Gasteiger partial charge in [-0.1, -0.05) is 6.58 Å². The molecule has 1 N–H and O–H groups in total. The molecule has 0 aliphatic carbocycles. The SMILES string of the molecule is C=CO.P.P. The fraction of sp³-hybridized carbons (Fsp3) is 0. The van der Waals surface area contributed by atoms with Crippen LogP contribution in [0.4, 0.5) is 0 Å². The van der Waals surface area contributed by atoms with Crippen LogP contribution in [-0.4, -0.2) is 5.11 Å². The first kappa shape index (κ1) is 18.2. The molecule has 0 fully saturated rings. The summed E-state index contributed by atoms with van der Waals surface area (Å²) >= 11 is 0. The lowest BCUT2D eigenvalue weighted by Gasteiger charge is -1.41. The van der Waals surface area contributed by atoms with Crippen molar-refractivity contribution in [2.75, 3.05) is 0 Å². The van der Waals surface area contributed by atoms with Crippen LogP contribution in [0.25, 0.3) is 0 Å². The number of hydrogen-bond acceptors (Lipinski definition) is 1. The van der Waals surface area contributed by atoms with Gasteiger partial charge in [-0.3, -0.25) is 0 Å². The van der Waals surface area contributed by atoms with Crippen molar-refractivity contribution in [3.05, 3.63) is 12.8 Å². The first-order chi connectivity index (χ1) is 1.41. The van der Waals surface area contributed by atoms with Gasteiger partial charge in [0.2, 0.25) is 0 Å². The Morgan fingerprint density at radius 1 is 1.40 bits per heavy atom. The molecule has 0 aromatic carbocycles. The Labute approximate surface area is 38.7 Å². The van der Waals surface area contributed by atoms with Crippen LogP contribution in [0.2, 0.25) is 0 Å². The molecule has 0 radical (unpaired) electrons. The van der Waals surface area contributed by atoms with E-state index in [9.17, 15) is 0 Å². The third-order valence-electron chi connectivity index (χ3n) is 0. The minimum Gasteiger partial charge on any atom is -0.516 e. The second-order valence-corrected chi connectivity index (χ2v) is 0.183. The second-order valence-electron chi connectivity index (χ2n) is 0.183. The van der Waals surface area contributed by atoms with E-state index >= 15 is 0 Å². The van der Waals surface area contributed by atoms with E-state index in [0.717, 1.165) is 6.26 Å². The summed E-state index contributed by atoms with van der Waals surface area (Å²) in [6.07, 6.45) is 0.750. The Morgan fingerprint density at radius 3 is 1.40 bits per heavy atom. The second kappa shape index (κ2) is 26.0. The Kier molecular flexibility index (Phi) is 94.2. The molecule has 0 aliphatic rings. The highest BCUT2D eigenvalue weighted by Gasteiger charge is 1.11. The molecule has 0 aliphatic heterocycles. The van der Waals surface area contributed by atoms with Crippen molar-refractivity contribution in [1.29, 1.82) is 0 Å². The van der Waals surface area contributed by atoms with Crippen molar-refractivity contribution in [3.63, 3.8) is 0 Å². The van der Waals surface area contributed by atoms with Crippen molar-refractivity contribution in [1.82, 2.24) is 0 Å². The number of hydrogen-bond donors (Lipinski definition) is 1. The molecule has 2 unspecified atom stereocenters. The number of rotatable bonds is 0. The van der Waals surface area contributed by atoms with Crippen LogP contribution in [0.3, 0.4) is 0 Å². The molecular weight excluding hydrogens is 102 g/mol. The van der Waals surface area contributed by atoms with Crippen LogP contribution in [0.1, 0.15) is 0 Å². The van der Waals surface area contributed by atoms with Crippen LogP contribution in [0.15, 0.2) is 12.8 Å². The highest BCUT2D eigenvalue weighted by Crippen LogP contribution is 1.26. The molecule has 5 heavy (non-hydrogen) atoms. The van der Waals surface area contributed by atoms with Gasteiger partial charge < -0.3 is 5.11 Å². The van der Waals surface area contributed by atoms with E-state index in [1.165, 1.54) is 0 Å². The van der Waals surface area contributed by atoms with Crippen molar-refractivity contribution >= 4 is 19.8 Å². The van der Waals surface area contributed by atoms with Crippen LogP contribution < -0.4 is 0 Å². The molecule has 0 bridgehead atoms. The van der Waals surface area contributed by atoms with Crippen molar-refractivity contribution in [3.8, 4) is 0 Å². The minimum atomic E-state index is 0. The first-order valence-electron chi connectivity index (χ1n) is 0.666. The maximum Gasteiger partial charge on any atom is 0.0719 e. The van der Waals surface area contributed by atoms with Gasteiger partial charge in [-0.15, -0.1) is 0 Å². The smallest absolute Gasteiger partial charge is 0.0719 e. The largest absolute Gasteiger partial charge is 0.516 e. The third kappa shape index (κ3) is 158. The van der Waals surface area contributed by atoms with E-state index in [2.05, 4.69) is 6.58 Å². The first-order valence-corrected chi connectivity index (χ1v) is 0.666. The lowest BCUT2D eigenvalue weighted by Crippen LogP contribution is -1.25. The average molecular weight is 112 g/mol. The van der Waals surface area contributed by atoms with E-state index in [1.54, 1.807) is 0 Å². The van der Waals surface area contributed by atoms with Gasteiger partial charge in [-0.05, 0) is 0 Å². The highest BCUT2D eigenvalue weighted by molar-refractivity contribution is 6.92. The predicted molar refractivity (Wildman–Crippen MR) is 35.0 cm³/mol. The molecule has 34 valence electrons. The van der Waals surface area contributed by atoms with E-state index in [0.29, 0.717) is 0 Å². The van der Waals surface area contributed by atoms with Gasteiger partial charge >= 0.3 is 0 Å². The molecule has 0 rings (SSSR count). The summed E-state index contributed by atoms with van der Waals surface area (Å²) in [7, 11) is 0. The van der Waals surface area contributed by atoms with Crippen molar-refractivity contribution < 1.29 is 5.11 Å². The van der Waals surface area contributed by atoms with Crippen LogP contribution in [-0.2, 0) is 0 Å². The van der Waals surface area contributed by atoms with Crippen molar-refractivity contribution in [2.24, 2.45) is 0 Å². The summed E-state index contributed by atoms with van der Waals surface area (Å²) < 4.78 is 0. The zero-order valence-corrected chi connectivity index (χ0v) is 5.97. The molecular formula is C2H10OP2. The lowest BCUT2D eigenvalue weighted by molar-refractivity contribution is 0.476. The lowest BCUT2D eigenvalue weighted by atomic mass is 11.2. The summed E-state index contributed by atoms with van der Waals surface area (Å²) in [6, 6.07) is 0. The Bertz CT molecular complexity index is 15.1. The van der Waals surface area contributed by atoms with Gasteiger partial charge in [-0.2, -0.15) is 19.8 Å². The molecule has 0 aromatic rings. The summed E-state index contributed by atoms with van der Waals surface area (Å²) in [6.45, 7) is 2.92. The van der Waals surface area contributed by atoms with E-state index in [4.69, 9.17) is 5.11 Å². The Balaban J connectivity index is -0.0000000200. The summed E-state index contributed by atoms with van der Waals surface area (Å²) in [5.41, 5.74) is 0. The summed E-state index contributed by atoms with van der Waals surface area (Å²) in [5, 5.41) is 7.33. The number of aliphatic hydroxyl groups is 1. The zero-order valence-electron chi connectivity index (χ0n) is 3.15. The normalized spacial score (nSPS) is 2.40. The summed E-state index contributed by atoms with van der Waals surface area (Å²) in [4.78, 5) is 0.